The van der Waals surface area contributed by atoms with Gasteiger partial charge in [0.25, 0.3) is 5.91 Å². The molecular weight excluding hydrogens is 390 g/mol. The number of anilines is 1. The summed E-state index contributed by atoms with van der Waals surface area (Å²) < 4.78 is 32.1. The van der Waals surface area contributed by atoms with E-state index in [0.29, 0.717) is 30.0 Å². The first-order chi connectivity index (χ1) is 14.0. The van der Waals surface area contributed by atoms with Gasteiger partial charge in [0.2, 0.25) is 10.0 Å². The second-order valence-electron chi connectivity index (χ2n) is 6.85. The Morgan fingerprint density at radius 3 is 2.62 bits per heavy atom. The minimum atomic E-state index is -3.54. The molecule has 0 bridgehead atoms. The Hall–Kier alpha value is -2.97. The summed E-state index contributed by atoms with van der Waals surface area (Å²) in [4.78, 5) is 17.2. The molecule has 29 heavy (non-hydrogen) atoms. The van der Waals surface area contributed by atoms with Gasteiger partial charge in [-0.05, 0) is 55.3 Å². The topological polar surface area (TPSA) is 88.6 Å². The fourth-order valence-electron chi connectivity index (χ4n) is 3.36. The van der Waals surface area contributed by atoms with E-state index in [0.717, 1.165) is 18.2 Å². The molecule has 1 aromatic heterocycles. The first-order valence-electron chi connectivity index (χ1n) is 9.34. The number of hydrogen-bond acceptors (Lipinski definition) is 5. The van der Waals surface area contributed by atoms with Gasteiger partial charge in [-0.25, -0.2) is 13.4 Å². The van der Waals surface area contributed by atoms with Crippen LogP contribution in [0.5, 0.6) is 5.75 Å². The van der Waals surface area contributed by atoms with Gasteiger partial charge in [-0.1, -0.05) is 12.1 Å². The molecule has 8 heteroatoms. The summed E-state index contributed by atoms with van der Waals surface area (Å²) >= 11 is 0. The Kier molecular flexibility index (Phi) is 5.21. The van der Waals surface area contributed by atoms with E-state index in [1.165, 1.54) is 10.4 Å². The number of methoxy groups -OCH3 is 1. The number of fused-ring (bicyclic) bond motifs is 1. The highest BCUT2D eigenvalue weighted by Crippen LogP contribution is 2.24. The van der Waals surface area contributed by atoms with Gasteiger partial charge in [0, 0.05) is 24.2 Å². The van der Waals surface area contributed by atoms with Gasteiger partial charge in [0.15, 0.2) is 0 Å². The predicted molar refractivity (Wildman–Crippen MR) is 111 cm³/mol. The van der Waals surface area contributed by atoms with E-state index >= 15 is 0 Å². The Bertz CT molecular complexity index is 1170. The molecule has 2 heterocycles. The Labute approximate surface area is 169 Å². The summed E-state index contributed by atoms with van der Waals surface area (Å²) in [7, 11) is -1.95. The molecule has 0 radical (unpaired) electrons. The molecule has 3 aromatic rings. The van der Waals surface area contributed by atoms with Gasteiger partial charge in [-0.15, -0.1) is 0 Å². The maximum atomic E-state index is 12.7. The normalized spacial score (nSPS) is 14.8. The third-order valence-corrected chi connectivity index (χ3v) is 6.82. The highest BCUT2D eigenvalue weighted by molar-refractivity contribution is 7.89. The Balaban J connectivity index is 1.56. The van der Waals surface area contributed by atoms with Crippen molar-refractivity contribution in [2.45, 2.75) is 17.7 Å². The van der Waals surface area contributed by atoms with Crippen molar-refractivity contribution in [1.29, 1.82) is 0 Å². The number of rotatable bonds is 5. The van der Waals surface area contributed by atoms with E-state index in [9.17, 15) is 13.2 Å². The fraction of sp³-hybridized carbons (Fsp3) is 0.238. The van der Waals surface area contributed by atoms with Crippen molar-refractivity contribution in [3.8, 4) is 5.75 Å². The molecule has 1 aliphatic heterocycles. The van der Waals surface area contributed by atoms with Crippen LogP contribution in [0.1, 0.15) is 23.3 Å². The molecule has 1 N–H and O–H groups in total. The monoisotopic (exact) mass is 411 g/mol. The first kappa shape index (κ1) is 19.4. The zero-order valence-electron chi connectivity index (χ0n) is 16.0. The van der Waals surface area contributed by atoms with Crippen LogP contribution in [0.3, 0.4) is 0 Å². The van der Waals surface area contributed by atoms with Gasteiger partial charge in [0.05, 0.1) is 17.5 Å². The summed E-state index contributed by atoms with van der Waals surface area (Å²) in [5.41, 5.74) is 1.33. The Morgan fingerprint density at radius 1 is 1.07 bits per heavy atom. The highest BCUT2D eigenvalue weighted by Gasteiger charge is 2.27. The lowest BCUT2D eigenvalue weighted by molar-refractivity contribution is 0.102. The maximum absolute atomic E-state index is 12.7. The van der Waals surface area contributed by atoms with Crippen molar-refractivity contribution >= 4 is 32.5 Å². The number of carbonyl (C=O) groups is 1. The molecule has 0 atom stereocenters. The second-order valence-corrected chi connectivity index (χ2v) is 8.79. The molecule has 0 saturated carbocycles. The smallest absolute Gasteiger partial charge is 0.274 e. The summed E-state index contributed by atoms with van der Waals surface area (Å²) in [5, 5.41) is 3.60. The van der Waals surface area contributed by atoms with Crippen LogP contribution in [-0.4, -0.2) is 43.8 Å². The molecule has 7 nitrogen and oxygen atoms in total. The van der Waals surface area contributed by atoms with Crippen LogP contribution in [0.4, 0.5) is 5.69 Å². The number of ether oxygens (including phenoxy) is 1. The summed E-state index contributed by atoms with van der Waals surface area (Å²) in [6.45, 7) is 1.06. The third kappa shape index (κ3) is 3.94. The number of nitrogens with zero attached hydrogens (tertiary/aromatic N) is 2. The molecular formula is C21H21N3O4S. The van der Waals surface area contributed by atoms with Crippen LogP contribution in [0.25, 0.3) is 10.9 Å². The standard InChI is InChI=1S/C21H21N3O4S/c1-28-17-8-10-19-15(13-17)7-9-20(23-19)21(25)22-16-5-4-6-18(14-16)29(26,27)24-11-2-3-12-24/h4-10,13-14H,2-3,11-12H2,1H3,(H,22,25). The number of nitrogens with one attached hydrogen (secondary N) is 1. The molecule has 1 fully saturated rings. The molecule has 1 saturated heterocycles. The van der Waals surface area contributed by atoms with Crippen molar-refractivity contribution < 1.29 is 17.9 Å². The number of hydrogen-bond donors (Lipinski definition) is 1. The molecule has 1 aliphatic rings. The highest BCUT2D eigenvalue weighted by atomic mass is 32.2. The van der Waals surface area contributed by atoms with Crippen molar-refractivity contribution in [2.24, 2.45) is 0 Å². The average molecular weight is 411 g/mol. The summed E-state index contributed by atoms with van der Waals surface area (Å²) in [6.07, 6.45) is 1.74. The van der Waals surface area contributed by atoms with Gasteiger partial charge >= 0.3 is 0 Å². The molecule has 1 amide bonds. The predicted octanol–water partition coefficient (Wildman–Crippen LogP) is 3.28. The average Bonchev–Trinajstić information content (AvgIpc) is 3.29. The Morgan fingerprint density at radius 2 is 1.86 bits per heavy atom. The van der Waals surface area contributed by atoms with Crippen LogP contribution in [0.2, 0.25) is 0 Å². The molecule has 0 spiro atoms. The molecule has 0 unspecified atom stereocenters. The number of amides is 1. The summed E-state index contributed by atoms with van der Waals surface area (Å²) in [6, 6.07) is 15.2. The van der Waals surface area contributed by atoms with E-state index in [1.807, 2.05) is 6.07 Å². The number of pyridine rings is 1. The molecule has 150 valence electrons. The SMILES string of the molecule is COc1ccc2nc(C(=O)Nc3cccc(S(=O)(=O)N4CCCC4)c3)ccc2c1. The van der Waals surface area contributed by atoms with Crippen molar-refractivity contribution in [3.05, 3.63) is 60.3 Å². The fourth-order valence-corrected chi connectivity index (χ4v) is 4.93. The maximum Gasteiger partial charge on any atom is 0.274 e. The van der Waals surface area contributed by atoms with Crippen molar-refractivity contribution in [1.82, 2.24) is 9.29 Å². The van der Waals surface area contributed by atoms with E-state index < -0.39 is 15.9 Å². The van der Waals surface area contributed by atoms with Gasteiger partial charge in [-0.2, -0.15) is 4.31 Å². The molecule has 0 aliphatic carbocycles. The lowest BCUT2D eigenvalue weighted by Crippen LogP contribution is -2.27. The molecule has 4 rings (SSSR count). The van der Waals surface area contributed by atoms with Crippen molar-refractivity contribution in [2.75, 3.05) is 25.5 Å². The van der Waals surface area contributed by atoms with Gasteiger partial charge < -0.3 is 10.1 Å². The molecule has 2 aromatic carbocycles. The van der Waals surface area contributed by atoms with Crippen LogP contribution in [-0.2, 0) is 10.0 Å². The quantitative estimate of drug-likeness (QED) is 0.696. The van der Waals surface area contributed by atoms with E-state index in [2.05, 4.69) is 10.3 Å². The number of benzene rings is 2. The number of aromatic nitrogens is 1. The van der Waals surface area contributed by atoms with E-state index in [1.54, 1.807) is 49.6 Å². The van der Waals surface area contributed by atoms with Crippen molar-refractivity contribution in [3.63, 3.8) is 0 Å². The largest absolute Gasteiger partial charge is 0.497 e. The zero-order chi connectivity index (χ0) is 20.4. The van der Waals surface area contributed by atoms with Crippen LogP contribution >= 0.6 is 0 Å². The minimum Gasteiger partial charge on any atom is -0.497 e. The third-order valence-electron chi connectivity index (χ3n) is 4.92. The van der Waals surface area contributed by atoms with Gasteiger partial charge in [-0.3, -0.25) is 4.79 Å². The number of carbonyl (C=O) groups excluding carboxylic acids is 1. The number of sulfonamides is 1. The lowest BCUT2D eigenvalue weighted by atomic mass is 10.2. The van der Waals surface area contributed by atoms with Crippen LogP contribution in [0, 0.1) is 0 Å². The van der Waals surface area contributed by atoms with Crippen LogP contribution < -0.4 is 10.1 Å². The van der Waals surface area contributed by atoms with E-state index in [-0.39, 0.29) is 10.6 Å². The first-order valence-corrected chi connectivity index (χ1v) is 10.8. The zero-order valence-corrected chi connectivity index (χ0v) is 16.8. The van der Waals surface area contributed by atoms with Crippen LogP contribution in [0.15, 0.2) is 59.5 Å². The second kappa shape index (κ2) is 7.81. The summed E-state index contributed by atoms with van der Waals surface area (Å²) in [5.74, 6) is 0.311. The van der Waals surface area contributed by atoms with Gasteiger partial charge in [0.1, 0.15) is 11.4 Å². The lowest BCUT2D eigenvalue weighted by Gasteiger charge is -2.16. The minimum absolute atomic E-state index is 0.177. The van der Waals surface area contributed by atoms with E-state index in [4.69, 9.17) is 4.74 Å².